The molecule has 0 aromatic heterocycles. The van der Waals surface area contributed by atoms with Crippen molar-refractivity contribution in [1.29, 1.82) is 0 Å². The molecule has 19 heteroatoms. The van der Waals surface area contributed by atoms with Gasteiger partial charge in [-0.1, -0.05) is 141 Å². The van der Waals surface area contributed by atoms with E-state index in [0.29, 0.717) is 12.8 Å². The number of hydrogen-bond acceptors (Lipinski definition) is 18. The van der Waals surface area contributed by atoms with Crippen molar-refractivity contribution in [3.05, 3.63) is 24.3 Å². The van der Waals surface area contributed by atoms with Gasteiger partial charge in [0.1, 0.15) is 73.2 Å². The highest BCUT2D eigenvalue weighted by Gasteiger charge is 2.53. The second-order valence-corrected chi connectivity index (χ2v) is 19.0. The van der Waals surface area contributed by atoms with Crippen LogP contribution in [0.2, 0.25) is 0 Å². The monoisotopic (exact) mass is 994 g/mol. The standard InChI is InChI=1S/C50H91NO18/c1-3-5-7-9-10-11-12-13-14-15-16-17-18-19-20-21-22-24-25-27-34(55)33(51-38(56)28-26-23-8-6-4-2)32-64-48-44(62)41(59)46(36(30-53)66-48)69-50-45(63)42(60)47(37(31-54)67-50)68-49-43(61)40(58)39(57)35(29-52)65-49/h20-21,25,27,33-37,39-50,52-55,57-63H,3-19,22-24,26,28-32H2,1-2H3,(H,51,56)/b21-20+,27-25+. The summed E-state index contributed by atoms with van der Waals surface area (Å²) in [5.41, 5.74) is 0. The van der Waals surface area contributed by atoms with Gasteiger partial charge < -0.3 is 89.9 Å². The first-order chi connectivity index (χ1) is 33.3. The van der Waals surface area contributed by atoms with E-state index < -0.39 is 124 Å². The van der Waals surface area contributed by atoms with E-state index in [0.717, 1.165) is 44.9 Å². The Hall–Kier alpha value is -1.73. The lowest BCUT2D eigenvalue weighted by atomic mass is 9.96. The van der Waals surface area contributed by atoms with Crippen LogP contribution in [0.5, 0.6) is 0 Å². The number of aliphatic hydroxyl groups is 11. The van der Waals surface area contributed by atoms with Crippen molar-refractivity contribution in [1.82, 2.24) is 5.32 Å². The second kappa shape index (κ2) is 35.4. The molecule has 0 aromatic carbocycles. The van der Waals surface area contributed by atoms with Crippen molar-refractivity contribution in [2.45, 2.75) is 259 Å². The number of hydrogen-bond donors (Lipinski definition) is 12. The molecule has 19 nitrogen and oxygen atoms in total. The smallest absolute Gasteiger partial charge is 0.220 e. The van der Waals surface area contributed by atoms with Gasteiger partial charge in [-0.15, -0.1) is 0 Å². The maximum Gasteiger partial charge on any atom is 0.220 e. The summed E-state index contributed by atoms with van der Waals surface area (Å²) in [5, 5.41) is 119. The summed E-state index contributed by atoms with van der Waals surface area (Å²) in [6.07, 6.45) is 5.37. The van der Waals surface area contributed by atoms with E-state index in [1.807, 2.05) is 6.08 Å². The number of rotatable bonds is 36. The maximum atomic E-state index is 13.0. The Labute approximate surface area is 409 Å². The van der Waals surface area contributed by atoms with Gasteiger partial charge in [-0.05, 0) is 32.1 Å². The predicted octanol–water partition coefficient (Wildman–Crippen LogP) is 2.03. The first kappa shape index (κ1) is 61.6. The molecular formula is C50H91NO18. The molecule has 3 aliphatic rings. The third-order valence-electron chi connectivity index (χ3n) is 13.3. The third kappa shape index (κ3) is 21.3. The Morgan fingerprint density at radius 3 is 1.45 bits per heavy atom. The predicted molar refractivity (Wildman–Crippen MR) is 254 cm³/mol. The van der Waals surface area contributed by atoms with Crippen LogP contribution in [0.1, 0.15) is 155 Å². The molecular weight excluding hydrogens is 903 g/mol. The summed E-state index contributed by atoms with van der Waals surface area (Å²) in [4.78, 5) is 13.0. The van der Waals surface area contributed by atoms with Crippen LogP contribution < -0.4 is 5.32 Å². The zero-order valence-electron chi connectivity index (χ0n) is 41.3. The number of nitrogens with one attached hydrogen (secondary N) is 1. The number of aliphatic hydroxyl groups excluding tert-OH is 11. The minimum absolute atomic E-state index is 0.231. The van der Waals surface area contributed by atoms with Gasteiger partial charge in [0.25, 0.3) is 0 Å². The summed E-state index contributed by atoms with van der Waals surface area (Å²) in [7, 11) is 0. The zero-order valence-corrected chi connectivity index (χ0v) is 41.3. The van der Waals surface area contributed by atoms with Gasteiger partial charge >= 0.3 is 0 Å². The van der Waals surface area contributed by atoms with Crippen LogP contribution in [0.15, 0.2) is 24.3 Å². The van der Waals surface area contributed by atoms with Crippen LogP contribution in [0.3, 0.4) is 0 Å². The van der Waals surface area contributed by atoms with Crippen molar-refractivity contribution < 1.29 is 89.4 Å². The minimum atomic E-state index is -1.98. The molecule has 69 heavy (non-hydrogen) atoms. The van der Waals surface area contributed by atoms with Gasteiger partial charge in [0.2, 0.25) is 5.91 Å². The Morgan fingerprint density at radius 2 is 0.928 bits per heavy atom. The molecule has 1 amide bonds. The summed E-state index contributed by atoms with van der Waals surface area (Å²) in [6, 6.07) is -0.981. The van der Waals surface area contributed by atoms with E-state index >= 15 is 0 Å². The van der Waals surface area contributed by atoms with Crippen LogP contribution in [-0.4, -0.2) is 193 Å². The van der Waals surface area contributed by atoms with Crippen molar-refractivity contribution in [2.24, 2.45) is 0 Å². The van der Waals surface area contributed by atoms with E-state index in [1.165, 1.54) is 77.0 Å². The lowest BCUT2D eigenvalue weighted by molar-refractivity contribution is -0.379. The fourth-order valence-corrected chi connectivity index (χ4v) is 8.85. The molecule has 0 saturated carbocycles. The molecule has 3 aliphatic heterocycles. The van der Waals surface area contributed by atoms with E-state index in [-0.39, 0.29) is 18.9 Å². The lowest BCUT2D eigenvalue weighted by Crippen LogP contribution is -2.66. The SMILES string of the molecule is CCCCCCCCCCCCCCC/C=C/CC/C=C/C(O)C(COC1OC(CO)C(OC2OC(CO)C(OC3OC(CO)C(O)C(O)C3O)C(O)C2O)C(O)C1O)NC(=O)CCCCCCC. The molecule has 3 saturated heterocycles. The average molecular weight is 994 g/mol. The van der Waals surface area contributed by atoms with Gasteiger partial charge in [0.15, 0.2) is 18.9 Å². The molecule has 0 aromatic rings. The Kier molecular flexibility index (Phi) is 31.6. The van der Waals surface area contributed by atoms with Crippen molar-refractivity contribution in [2.75, 3.05) is 26.4 Å². The molecule has 0 bridgehead atoms. The van der Waals surface area contributed by atoms with Gasteiger partial charge in [0, 0.05) is 6.42 Å². The second-order valence-electron chi connectivity index (χ2n) is 19.0. The number of allylic oxidation sites excluding steroid dienone is 3. The highest BCUT2D eigenvalue weighted by atomic mass is 16.8. The zero-order chi connectivity index (χ0) is 50.6. The Bertz CT molecular complexity index is 1380. The summed E-state index contributed by atoms with van der Waals surface area (Å²) < 4.78 is 34.0. The quantitative estimate of drug-likeness (QED) is 0.0316. The fourth-order valence-electron chi connectivity index (χ4n) is 8.85. The highest BCUT2D eigenvalue weighted by molar-refractivity contribution is 5.76. The molecule has 404 valence electrons. The van der Waals surface area contributed by atoms with E-state index in [9.17, 15) is 61.0 Å². The Morgan fingerprint density at radius 1 is 0.507 bits per heavy atom. The topological polar surface area (TPSA) is 307 Å². The van der Waals surface area contributed by atoms with E-state index in [1.54, 1.807) is 6.08 Å². The fraction of sp³-hybridized carbons (Fsp3) is 0.900. The summed E-state index contributed by atoms with van der Waals surface area (Å²) in [5.74, 6) is -0.300. The van der Waals surface area contributed by atoms with Crippen LogP contribution in [0.25, 0.3) is 0 Å². The van der Waals surface area contributed by atoms with Crippen molar-refractivity contribution >= 4 is 5.91 Å². The van der Waals surface area contributed by atoms with Gasteiger partial charge in [-0.3, -0.25) is 4.79 Å². The molecule has 17 atom stereocenters. The third-order valence-corrected chi connectivity index (χ3v) is 13.3. The van der Waals surface area contributed by atoms with Gasteiger partial charge in [-0.2, -0.15) is 0 Å². The highest BCUT2D eigenvalue weighted by Crippen LogP contribution is 2.33. The van der Waals surface area contributed by atoms with Crippen LogP contribution >= 0.6 is 0 Å². The number of ether oxygens (including phenoxy) is 6. The minimum Gasteiger partial charge on any atom is -0.394 e. The first-order valence-corrected chi connectivity index (χ1v) is 26.1. The van der Waals surface area contributed by atoms with E-state index in [4.69, 9.17) is 28.4 Å². The van der Waals surface area contributed by atoms with Crippen LogP contribution in [-0.2, 0) is 33.2 Å². The lowest BCUT2D eigenvalue weighted by Gasteiger charge is -2.48. The van der Waals surface area contributed by atoms with Crippen LogP contribution in [0, 0.1) is 0 Å². The molecule has 3 fully saturated rings. The van der Waals surface area contributed by atoms with E-state index in [2.05, 4.69) is 31.3 Å². The largest absolute Gasteiger partial charge is 0.394 e. The number of carbonyl (C=O) groups is 1. The van der Waals surface area contributed by atoms with Gasteiger partial charge in [0.05, 0.1) is 38.6 Å². The molecule has 3 heterocycles. The van der Waals surface area contributed by atoms with Gasteiger partial charge in [-0.25, -0.2) is 0 Å². The van der Waals surface area contributed by atoms with Crippen LogP contribution in [0.4, 0.5) is 0 Å². The maximum absolute atomic E-state index is 13.0. The number of carbonyl (C=O) groups excluding carboxylic acids is 1. The molecule has 0 aliphatic carbocycles. The molecule has 3 rings (SSSR count). The molecule has 0 spiro atoms. The Balaban J connectivity index is 1.51. The number of amides is 1. The number of unbranched alkanes of at least 4 members (excludes halogenated alkanes) is 18. The summed E-state index contributed by atoms with van der Waals surface area (Å²) >= 11 is 0. The first-order valence-electron chi connectivity index (χ1n) is 26.1. The average Bonchev–Trinajstić information content (AvgIpc) is 3.34. The molecule has 17 unspecified atom stereocenters. The normalized spacial score (nSPS) is 33.0. The van der Waals surface area contributed by atoms with Crippen molar-refractivity contribution in [3.8, 4) is 0 Å². The summed E-state index contributed by atoms with van der Waals surface area (Å²) in [6.45, 7) is 1.57. The van der Waals surface area contributed by atoms with Crippen molar-refractivity contribution in [3.63, 3.8) is 0 Å². The molecule has 12 N–H and O–H groups in total. The molecule has 0 radical (unpaired) electrons.